The van der Waals surface area contributed by atoms with Gasteiger partial charge in [0.25, 0.3) is 0 Å². The van der Waals surface area contributed by atoms with Crippen LogP contribution >= 0.6 is 0 Å². The number of benzene rings is 1. The zero-order valence-corrected chi connectivity index (χ0v) is 9.71. The highest BCUT2D eigenvalue weighted by Gasteiger charge is 2.20. The molecule has 1 fully saturated rings. The molecule has 0 aromatic heterocycles. The lowest BCUT2D eigenvalue weighted by Crippen LogP contribution is -2.51. The van der Waals surface area contributed by atoms with E-state index in [4.69, 9.17) is 4.74 Å². The van der Waals surface area contributed by atoms with Crippen LogP contribution < -0.4 is 10.6 Å². The van der Waals surface area contributed by atoms with E-state index in [2.05, 4.69) is 10.6 Å². The molecule has 18 heavy (non-hydrogen) atoms. The average molecular weight is 256 g/mol. The Morgan fingerprint density at radius 2 is 2.33 bits per heavy atom. The van der Waals surface area contributed by atoms with Crippen LogP contribution in [0.5, 0.6) is 0 Å². The molecule has 1 aromatic carbocycles. The lowest BCUT2D eigenvalue weighted by molar-refractivity contribution is -0.126. The summed E-state index contributed by atoms with van der Waals surface area (Å²) in [5.74, 6) is -1.34. The van der Waals surface area contributed by atoms with Crippen LogP contribution in [0.4, 0.5) is 8.78 Å². The molecule has 1 unspecified atom stereocenters. The lowest BCUT2D eigenvalue weighted by Gasteiger charge is -2.22. The summed E-state index contributed by atoms with van der Waals surface area (Å²) in [5.41, 5.74) is 0.125. The minimum Gasteiger partial charge on any atom is -0.378 e. The number of carbonyl (C=O) groups excluding carboxylic acids is 1. The van der Waals surface area contributed by atoms with Gasteiger partial charge in [-0.3, -0.25) is 4.79 Å². The molecule has 98 valence electrons. The summed E-state index contributed by atoms with van der Waals surface area (Å²) in [5, 5.41) is 5.52. The standard InChI is InChI=1S/C12H14F2N2O2/c13-9-1-2-10(14)8(5-9)6-16-12(17)11-7-18-4-3-15-11/h1-2,5,11,15H,3-4,6-7H2,(H,16,17). The molecule has 2 rings (SSSR count). The molecular weight excluding hydrogens is 242 g/mol. The molecule has 2 N–H and O–H groups in total. The third-order valence-electron chi connectivity index (χ3n) is 2.70. The van der Waals surface area contributed by atoms with Crippen LogP contribution in [-0.4, -0.2) is 31.7 Å². The van der Waals surface area contributed by atoms with E-state index in [1.165, 1.54) is 0 Å². The maximum absolute atomic E-state index is 13.3. The third-order valence-corrected chi connectivity index (χ3v) is 2.70. The van der Waals surface area contributed by atoms with Crippen molar-refractivity contribution in [1.82, 2.24) is 10.6 Å². The molecule has 0 radical (unpaired) electrons. The van der Waals surface area contributed by atoms with E-state index in [1.807, 2.05) is 0 Å². The van der Waals surface area contributed by atoms with Crippen molar-refractivity contribution in [2.75, 3.05) is 19.8 Å². The van der Waals surface area contributed by atoms with Crippen molar-refractivity contribution in [3.8, 4) is 0 Å². The first kappa shape index (κ1) is 12.9. The Balaban J connectivity index is 1.90. The average Bonchev–Trinajstić information content (AvgIpc) is 2.40. The fraction of sp³-hybridized carbons (Fsp3) is 0.417. The van der Waals surface area contributed by atoms with Gasteiger partial charge in [0.2, 0.25) is 5.91 Å². The van der Waals surface area contributed by atoms with Gasteiger partial charge in [0.05, 0.1) is 13.2 Å². The number of amides is 1. The minimum atomic E-state index is -0.537. The molecule has 6 heteroatoms. The van der Waals surface area contributed by atoms with E-state index in [-0.39, 0.29) is 24.6 Å². The van der Waals surface area contributed by atoms with Gasteiger partial charge in [-0.25, -0.2) is 8.78 Å². The number of ether oxygens (including phenoxy) is 1. The van der Waals surface area contributed by atoms with Gasteiger partial charge >= 0.3 is 0 Å². The fourth-order valence-corrected chi connectivity index (χ4v) is 1.72. The predicted molar refractivity (Wildman–Crippen MR) is 60.8 cm³/mol. The van der Waals surface area contributed by atoms with Gasteiger partial charge < -0.3 is 15.4 Å². The number of hydrogen-bond donors (Lipinski definition) is 2. The molecule has 1 atom stereocenters. The van der Waals surface area contributed by atoms with Gasteiger partial charge in [0.1, 0.15) is 17.7 Å². The summed E-state index contributed by atoms with van der Waals surface area (Å²) in [6.07, 6.45) is 0. The summed E-state index contributed by atoms with van der Waals surface area (Å²) >= 11 is 0. The van der Waals surface area contributed by atoms with Gasteiger partial charge in [-0.05, 0) is 18.2 Å². The first-order valence-electron chi connectivity index (χ1n) is 5.69. The highest BCUT2D eigenvalue weighted by Crippen LogP contribution is 2.09. The zero-order valence-electron chi connectivity index (χ0n) is 9.71. The number of hydrogen-bond acceptors (Lipinski definition) is 3. The molecule has 0 saturated carbocycles. The number of rotatable bonds is 3. The van der Waals surface area contributed by atoms with Crippen LogP contribution in [0, 0.1) is 11.6 Å². The Bertz CT molecular complexity index is 434. The summed E-state index contributed by atoms with van der Waals surface area (Å²) < 4.78 is 31.4. The summed E-state index contributed by atoms with van der Waals surface area (Å²) in [6, 6.07) is 2.71. The molecule has 0 aliphatic carbocycles. The minimum absolute atomic E-state index is 0.0411. The molecule has 4 nitrogen and oxygen atoms in total. The van der Waals surface area contributed by atoms with E-state index in [0.29, 0.717) is 13.2 Å². The van der Waals surface area contributed by atoms with E-state index < -0.39 is 17.7 Å². The second kappa shape index (κ2) is 5.88. The monoisotopic (exact) mass is 256 g/mol. The predicted octanol–water partition coefficient (Wildman–Crippen LogP) is 0.569. The largest absolute Gasteiger partial charge is 0.378 e. The van der Waals surface area contributed by atoms with Crippen molar-refractivity contribution in [2.45, 2.75) is 12.6 Å². The Morgan fingerprint density at radius 3 is 3.06 bits per heavy atom. The Morgan fingerprint density at radius 1 is 1.50 bits per heavy atom. The maximum Gasteiger partial charge on any atom is 0.239 e. The van der Waals surface area contributed by atoms with Gasteiger partial charge in [-0.2, -0.15) is 0 Å². The van der Waals surface area contributed by atoms with Crippen molar-refractivity contribution in [1.29, 1.82) is 0 Å². The second-order valence-corrected chi connectivity index (χ2v) is 4.04. The first-order valence-corrected chi connectivity index (χ1v) is 5.69. The quantitative estimate of drug-likeness (QED) is 0.831. The SMILES string of the molecule is O=C(NCc1cc(F)ccc1F)C1COCCN1. The van der Waals surface area contributed by atoms with Crippen LogP contribution in [0.25, 0.3) is 0 Å². The summed E-state index contributed by atoms with van der Waals surface area (Å²) in [4.78, 5) is 11.7. The van der Waals surface area contributed by atoms with Gasteiger partial charge in [-0.15, -0.1) is 0 Å². The van der Waals surface area contributed by atoms with Crippen LogP contribution in [0.3, 0.4) is 0 Å². The van der Waals surface area contributed by atoms with E-state index >= 15 is 0 Å². The fourth-order valence-electron chi connectivity index (χ4n) is 1.72. The molecule has 1 aliphatic rings. The first-order chi connectivity index (χ1) is 8.66. The van der Waals surface area contributed by atoms with Crippen molar-refractivity contribution in [3.05, 3.63) is 35.4 Å². The summed E-state index contributed by atoms with van der Waals surface area (Å²) in [7, 11) is 0. The molecule has 1 aromatic rings. The molecule has 0 spiro atoms. The highest BCUT2D eigenvalue weighted by atomic mass is 19.1. The molecule has 1 amide bonds. The Kier molecular flexibility index (Phi) is 4.22. The number of nitrogens with one attached hydrogen (secondary N) is 2. The molecule has 0 bridgehead atoms. The Hall–Kier alpha value is -1.53. The second-order valence-electron chi connectivity index (χ2n) is 4.04. The molecular formula is C12H14F2N2O2. The van der Waals surface area contributed by atoms with Crippen LogP contribution in [0.15, 0.2) is 18.2 Å². The molecule has 1 saturated heterocycles. The van der Waals surface area contributed by atoms with Crippen LogP contribution in [0.2, 0.25) is 0 Å². The van der Waals surface area contributed by atoms with Crippen LogP contribution in [-0.2, 0) is 16.1 Å². The number of morpholine rings is 1. The van der Waals surface area contributed by atoms with Gasteiger partial charge in [-0.1, -0.05) is 0 Å². The van der Waals surface area contributed by atoms with Crippen molar-refractivity contribution < 1.29 is 18.3 Å². The normalized spacial score (nSPS) is 19.6. The van der Waals surface area contributed by atoms with Crippen molar-refractivity contribution in [3.63, 3.8) is 0 Å². The third kappa shape index (κ3) is 3.24. The zero-order chi connectivity index (χ0) is 13.0. The molecule has 1 heterocycles. The van der Waals surface area contributed by atoms with E-state index in [9.17, 15) is 13.6 Å². The number of carbonyl (C=O) groups is 1. The van der Waals surface area contributed by atoms with E-state index in [1.54, 1.807) is 0 Å². The maximum atomic E-state index is 13.3. The Labute approximate surface area is 103 Å². The van der Waals surface area contributed by atoms with Gasteiger partial charge in [0.15, 0.2) is 0 Å². The smallest absolute Gasteiger partial charge is 0.239 e. The van der Waals surface area contributed by atoms with Gasteiger partial charge in [0, 0.05) is 18.7 Å². The summed E-state index contributed by atoms with van der Waals surface area (Å²) in [6.45, 7) is 1.42. The van der Waals surface area contributed by atoms with Crippen molar-refractivity contribution in [2.24, 2.45) is 0 Å². The topological polar surface area (TPSA) is 50.4 Å². The van der Waals surface area contributed by atoms with Crippen molar-refractivity contribution >= 4 is 5.91 Å². The van der Waals surface area contributed by atoms with Crippen LogP contribution in [0.1, 0.15) is 5.56 Å². The molecule has 1 aliphatic heterocycles. The lowest BCUT2D eigenvalue weighted by atomic mass is 10.2. The van der Waals surface area contributed by atoms with E-state index in [0.717, 1.165) is 18.2 Å². The number of halogens is 2. The highest BCUT2D eigenvalue weighted by molar-refractivity contribution is 5.81.